The van der Waals surface area contributed by atoms with E-state index in [-0.39, 0.29) is 18.2 Å². The zero-order chi connectivity index (χ0) is 25.4. The molecule has 0 aliphatic carbocycles. The lowest BCUT2D eigenvalue weighted by Crippen LogP contribution is -2.53. The van der Waals surface area contributed by atoms with Crippen LogP contribution in [0.15, 0.2) is 66.8 Å². The van der Waals surface area contributed by atoms with Crippen molar-refractivity contribution < 1.29 is 29.0 Å². The van der Waals surface area contributed by atoms with E-state index < -0.39 is 28.9 Å². The van der Waals surface area contributed by atoms with E-state index in [4.69, 9.17) is 9.47 Å². The van der Waals surface area contributed by atoms with Crippen molar-refractivity contribution in [2.24, 2.45) is 0 Å². The van der Waals surface area contributed by atoms with Crippen LogP contribution < -0.4 is 9.64 Å². The number of nitrogens with zero attached hydrogens (tertiary/aromatic N) is 2. The number of carbonyl (C=O) groups is 3. The summed E-state index contributed by atoms with van der Waals surface area (Å²) in [7, 11) is 0. The standard InChI is InChI=1S/C28H28N2O6/c1-3-15-35-19-13-11-18(12-14-19)24(31)23-25(32)26(33)30(17-20-8-7-16-36-20)28(23)21-9-5-6-10-22(21)29(4-2)27(28)34/h3,5-6,9-14,20,31H,1,4,7-8,15-17H2,2H3/t20-,28+/m0/s1. The summed E-state index contributed by atoms with van der Waals surface area (Å²) in [6.07, 6.45) is 2.88. The number of hydrogen-bond acceptors (Lipinski definition) is 6. The molecule has 2 atom stereocenters. The van der Waals surface area contributed by atoms with Gasteiger partial charge >= 0.3 is 0 Å². The van der Waals surface area contributed by atoms with Crippen molar-refractivity contribution >= 4 is 29.0 Å². The third kappa shape index (κ3) is 3.44. The number of likely N-dealkylation sites (tertiary alicyclic amines) is 1. The quantitative estimate of drug-likeness (QED) is 0.278. The first-order valence-electron chi connectivity index (χ1n) is 12.1. The number of likely N-dealkylation sites (N-methyl/N-ethyl adjacent to an activating group) is 1. The Labute approximate surface area is 209 Å². The van der Waals surface area contributed by atoms with E-state index in [1.54, 1.807) is 53.4 Å². The molecular weight excluding hydrogens is 460 g/mol. The first kappa shape index (κ1) is 23.8. The number of amides is 2. The van der Waals surface area contributed by atoms with Gasteiger partial charge in [0.1, 0.15) is 18.1 Å². The number of anilines is 1. The maximum absolute atomic E-state index is 14.2. The van der Waals surface area contributed by atoms with Crippen molar-refractivity contribution in [3.05, 3.63) is 77.9 Å². The van der Waals surface area contributed by atoms with Crippen LogP contribution in [0, 0.1) is 0 Å². The molecule has 186 valence electrons. The molecule has 3 heterocycles. The highest BCUT2D eigenvalue weighted by atomic mass is 16.5. The Balaban J connectivity index is 1.71. The van der Waals surface area contributed by atoms with Gasteiger partial charge in [0.05, 0.1) is 17.4 Å². The Kier molecular flexibility index (Phi) is 6.14. The molecule has 2 aromatic rings. The summed E-state index contributed by atoms with van der Waals surface area (Å²) < 4.78 is 11.3. The number of ketones is 1. The van der Waals surface area contributed by atoms with E-state index in [2.05, 4.69) is 6.58 Å². The molecule has 3 aliphatic heterocycles. The number of ether oxygens (including phenoxy) is 2. The molecule has 0 bridgehead atoms. The minimum Gasteiger partial charge on any atom is -0.507 e. The van der Waals surface area contributed by atoms with Crippen LogP contribution in [0.1, 0.15) is 30.9 Å². The predicted octanol–water partition coefficient (Wildman–Crippen LogP) is 3.37. The van der Waals surface area contributed by atoms with Gasteiger partial charge in [-0.05, 0) is 50.1 Å². The van der Waals surface area contributed by atoms with Gasteiger partial charge in [-0.15, -0.1) is 0 Å². The molecule has 1 spiro atoms. The lowest BCUT2D eigenvalue weighted by Gasteiger charge is -2.35. The summed E-state index contributed by atoms with van der Waals surface area (Å²) in [5.41, 5.74) is -0.575. The topological polar surface area (TPSA) is 96.4 Å². The van der Waals surface area contributed by atoms with Crippen molar-refractivity contribution in [3.8, 4) is 5.75 Å². The normalized spacial score (nSPS) is 24.6. The average molecular weight is 489 g/mol. The van der Waals surface area contributed by atoms with Crippen LogP contribution in [0.4, 0.5) is 5.69 Å². The number of rotatable bonds is 7. The molecule has 5 rings (SSSR count). The van der Waals surface area contributed by atoms with E-state index in [9.17, 15) is 19.5 Å². The number of para-hydroxylation sites is 1. The Morgan fingerprint density at radius 2 is 1.94 bits per heavy atom. The van der Waals surface area contributed by atoms with E-state index in [1.165, 1.54) is 4.90 Å². The van der Waals surface area contributed by atoms with Crippen molar-refractivity contribution in [2.75, 3.05) is 31.2 Å². The Morgan fingerprint density at radius 3 is 2.61 bits per heavy atom. The minimum absolute atomic E-state index is 0.0767. The van der Waals surface area contributed by atoms with Crippen LogP contribution in [0.25, 0.3) is 5.76 Å². The highest BCUT2D eigenvalue weighted by molar-refractivity contribution is 6.50. The smallest absolute Gasteiger partial charge is 0.296 e. The highest BCUT2D eigenvalue weighted by Crippen LogP contribution is 2.53. The molecule has 3 aliphatic rings. The molecule has 0 saturated carbocycles. The largest absolute Gasteiger partial charge is 0.507 e. The Bertz CT molecular complexity index is 1260. The van der Waals surface area contributed by atoms with E-state index in [0.717, 1.165) is 12.8 Å². The second kappa shape index (κ2) is 9.28. The van der Waals surface area contributed by atoms with Crippen LogP contribution in [0.5, 0.6) is 5.75 Å². The summed E-state index contributed by atoms with van der Waals surface area (Å²) in [6, 6.07) is 13.6. The number of carbonyl (C=O) groups excluding carboxylic acids is 3. The summed E-state index contributed by atoms with van der Waals surface area (Å²) in [4.78, 5) is 44.1. The maximum atomic E-state index is 14.2. The van der Waals surface area contributed by atoms with E-state index >= 15 is 0 Å². The van der Waals surface area contributed by atoms with Gasteiger partial charge in [-0.2, -0.15) is 0 Å². The molecule has 2 aromatic carbocycles. The molecule has 8 heteroatoms. The lowest BCUT2D eigenvalue weighted by molar-refractivity contribution is -0.145. The molecule has 0 aromatic heterocycles. The van der Waals surface area contributed by atoms with Gasteiger partial charge in [0, 0.05) is 30.8 Å². The van der Waals surface area contributed by atoms with Crippen LogP contribution in [0.3, 0.4) is 0 Å². The van der Waals surface area contributed by atoms with Gasteiger partial charge in [0.15, 0.2) is 5.54 Å². The molecule has 1 N–H and O–H groups in total. The summed E-state index contributed by atoms with van der Waals surface area (Å²) in [5.74, 6) is -1.99. The van der Waals surface area contributed by atoms with Gasteiger partial charge in [-0.1, -0.05) is 30.9 Å². The van der Waals surface area contributed by atoms with Gasteiger partial charge in [0.2, 0.25) is 0 Å². The fourth-order valence-corrected chi connectivity index (χ4v) is 5.43. The van der Waals surface area contributed by atoms with Crippen LogP contribution in [-0.2, 0) is 24.7 Å². The lowest BCUT2D eigenvalue weighted by atomic mass is 9.81. The molecule has 0 unspecified atom stereocenters. The fourth-order valence-electron chi connectivity index (χ4n) is 5.43. The van der Waals surface area contributed by atoms with Gasteiger partial charge in [0.25, 0.3) is 17.6 Å². The van der Waals surface area contributed by atoms with Crippen molar-refractivity contribution in [2.45, 2.75) is 31.4 Å². The summed E-state index contributed by atoms with van der Waals surface area (Å²) in [6.45, 7) is 6.76. The summed E-state index contributed by atoms with van der Waals surface area (Å²) >= 11 is 0. The first-order chi connectivity index (χ1) is 17.4. The highest BCUT2D eigenvalue weighted by Gasteiger charge is 2.67. The second-order valence-corrected chi connectivity index (χ2v) is 9.00. The van der Waals surface area contributed by atoms with E-state index in [1.807, 2.05) is 13.0 Å². The number of hydrogen-bond donors (Lipinski definition) is 1. The Hall–Kier alpha value is -3.91. The van der Waals surface area contributed by atoms with Crippen LogP contribution in [-0.4, -0.2) is 60.0 Å². The zero-order valence-corrected chi connectivity index (χ0v) is 20.1. The Morgan fingerprint density at radius 1 is 1.19 bits per heavy atom. The number of Topliss-reactive ketones (excluding diaryl/α,β-unsaturated/α-hetero) is 1. The molecule has 2 amide bonds. The molecule has 2 saturated heterocycles. The monoisotopic (exact) mass is 488 g/mol. The number of aliphatic hydroxyl groups is 1. The third-order valence-electron chi connectivity index (χ3n) is 7.03. The number of benzene rings is 2. The predicted molar refractivity (Wildman–Crippen MR) is 134 cm³/mol. The third-order valence-corrected chi connectivity index (χ3v) is 7.03. The van der Waals surface area contributed by atoms with Gasteiger partial charge < -0.3 is 24.4 Å². The van der Waals surface area contributed by atoms with Gasteiger partial charge in [-0.25, -0.2) is 0 Å². The molecular formula is C28H28N2O6. The number of fused-ring (bicyclic) bond motifs is 2. The molecule has 2 fully saturated rings. The van der Waals surface area contributed by atoms with Crippen molar-refractivity contribution in [1.29, 1.82) is 0 Å². The van der Waals surface area contributed by atoms with E-state index in [0.29, 0.717) is 42.3 Å². The van der Waals surface area contributed by atoms with Crippen LogP contribution >= 0.6 is 0 Å². The molecule has 8 nitrogen and oxygen atoms in total. The summed E-state index contributed by atoms with van der Waals surface area (Å²) in [5, 5.41) is 11.5. The molecule has 36 heavy (non-hydrogen) atoms. The minimum atomic E-state index is -1.77. The zero-order valence-electron chi connectivity index (χ0n) is 20.1. The maximum Gasteiger partial charge on any atom is 0.296 e. The average Bonchev–Trinajstić information content (AvgIpc) is 3.56. The van der Waals surface area contributed by atoms with Gasteiger partial charge in [-0.3, -0.25) is 14.4 Å². The first-order valence-corrected chi connectivity index (χ1v) is 12.1. The van der Waals surface area contributed by atoms with Crippen molar-refractivity contribution in [3.63, 3.8) is 0 Å². The SMILES string of the molecule is C=CCOc1ccc(C(O)=C2C(=O)C(=O)N(C[C@@H]3CCCO3)[C@@]23C(=O)N(CC)c2ccccc23)cc1. The number of aliphatic hydroxyl groups excluding tert-OH is 1. The van der Waals surface area contributed by atoms with Crippen LogP contribution in [0.2, 0.25) is 0 Å². The second-order valence-electron chi connectivity index (χ2n) is 9.00. The van der Waals surface area contributed by atoms with Crippen molar-refractivity contribution in [1.82, 2.24) is 4.90 Å². The molecule has 0 radical (unpaired) electrons. The fraction of sp³-hybridized carbons (Fsp3) is 0.321.